The summed E-state index contributed by atoms with van der Waals surface area (Å²) in [6, 6.07) is 7.30. The molecule has 0 saturated carbocycles. The molecule has 2 saturated heterocycles. The van der Waals surface area contributed by atoms with Crippen LogP contribution in [0.5, 0.6) is 5.75 Å². The zero-order chi connectivity index (χ0) is 18.9. The highest BCUT2D eigenvalue weighted by molar-refractivity contribution is 7.93. The molecule has 0 aromatic heterocycles. The number of likely N-dealkylation sites (tertiary alicyclic amines) is 1. The van der Waals surface area contributed by atoms with Crippen LogP contribution in [0.3, 0.4) is 0 Å². The number of primary amides is 1. The molecule has 26 heavy (non-hydrogen) atoms. The van der Waals surface area contributed by atoms with E-state index in [1.165, 1.54) is 4.90 Å². The minimum absolute atomic E-state index is 0.00426. The topological polar surface area (TPSA) is 116 Å². The summed E-state index contributed by atoms with van der Waals surface area (Å²) in [5.74, 6) is -1.01. The Morgan fingerprint density at radius 1 is 1.35 bits per heavy atom. The van der Waals surface area contributed by atoms with E-state index in [9.17, 15) is 18.0 Å². The molecule has 1 unspecified atom stereocenters. The average molecular weight is 382 g/mol. The van der Waals surface area contributed by atoms with Gasteiger partial charge in [-0.15, -0.1) is 0 Å². The Hall–Kier alpha value is -2.13. The lowest BCUT2D eigenvalue weighted by atomic mass is 9.82. The van der Waals surface area contributed by atoms with Gasteiger partial charge in [-0.3, -0.25) is 9.59 Å². The quantitative estimate of drug-likeness (QED) is 0.723. The van der Waals surface area contributed by atoms with Crippen molar-refractivity contribution in [3.63, 3.8) is 0 Å². The SMILES string of the molecule is COc1cccc(COCC(=O)N2CC3(C2)C(C(N)=O)CCS3(=O)=O)c1. The zero-order valence-corrected chi connectivity index (χ0v) is 15.3. The molecule has 2 aliphatic heterocycles. The van der Waals surface area contributed by atoms with E-state index in [1.54, 1.807) is 7.11 Å². The second-order valence-corrected chi connectivity index (χ2v) is 9.17. The predicted molar refractivity (Wildman–Crippen MR) is 93.0 cm³/mol. The first kappa shape index (κ1) is 18.7. The number of nitrogens with zero attached hydrogens (tertiary/aromatic N) is 1. The van der Waals surface area contributed by atoms with Crippen molar-refractivity contribution in [1.29, 1.82) is 0 Å². The Bertz CT molecular complexity index is 816. The van der Waals surface area contributed by atoms with Crippen LogP contribution < -0.4 is 10.5 Å². The van der Waals surface area contributed by atoms with Crippen LogP contribution >= 0.6 is 0 Å². The summed E-state index contributed by atoms with van der Waals surface area (Å²) in [7, 11) is -1.86. The van der Waals surface area contributed by atoms with Gasteiger partial charge in [0.15, 0.2) is 9.84 Å². The third-order valence-electron chi connectivity index (χ3n) is 5.17. The van der Waals surface area contributed by atoms with Gasteiger partial charge in [0.1, 0.15) is 17.1 Å². The van der Waals surface area contributed by atoms with Crippen LogP contribution in [0.25, 0.3) is 0 Å². The van der Waals surface area contributed by atoms with Crippen molar-refractivity contribution in [1.82, 2.24) is 4.90 Å². The first-order valence-electron chi connectivity index (χ1n) is 8.29. The molecule has 1 aromatic carbocycles. The second-order valence-electron chi connectivity index (χ2n) is 6.72. The Kier molecular flexibility index (Phi) is 4.94. The van der Waals surface area contributed by atoms with E-state index in [4.69, 9.17) is 15.2 Å². The molecule has 9 heteroatoms. The number of hydrogen-bond acceptors (Lipinski definition) is 6. The van der Waals surface area contributed by atoms with Gasteiger partial charge in [-0.2, -0.15) is 0 Å². The number of amides is 2. The molecular formula is C17H22N2O6S. The summed E-state index contributed by atoms with van der Waals surface area (Å²) < 4.78 is 34.0. The molecule has 3 rings (SSSR count). The molecule has 2 amide bonds. The Morgan fingerprint density at radius 2 is 2.08 bits per heavy atom. The number of ether oxygens (including phenoxy) is 2. The molecule has 2 N–H and O–H groups in total. The van der Waals surface area contributed by atoms with Gasteiger partial charge in [-0.1, -0.05) is 12.1 Å². The van der Waals surface area contributed by atoms with Gasteiger partial charge in [0.2, 0.25) is 11.8 Å². The monoisotopic (exact) mass is 382 g/mol. The van der Waals surface area contributed by atoms with Crippen molar-refractivity contribution in [3.8, 4) is 5.75 Å². The number of rotatable bonds is 6. The fraction of sp³-hybridized carbons (Fsp3) is 0.529. The van der Waals surface area contributed by atoms with Gasteiger partial charge < -0.3 is 20.1 Å². The summed E-state index contributed by atoms with van der Waals surface area (Å²) in [5, 5.41) is 0. The molecule has 2 aliphatic rings. The van der Waals surface area contributed by atoms with Gasteiger partial charge in [-0.25, -0.2) is 8.42 Å². The number of hydrogen-bond donors (Lipinski definition) is 1. The van der Waals surface area contributed by atoms with Crippen LogP contribution in [0.4, 0.5) is 0 Å². The Morgan fingerprint density at radius 3 is 2.73 bits per heavy atom. The number of methoxy groups -OCH3 is 1. The molecule has 0 aliphatic carbocycles. The minimum atomic E-state index is -3.43. The number of carbonyl (C=O) groups is 2. The van der Waals surface area contributed by atoms with Crippen LogP contribution in [0.1, 0.15) is 12.0 Å². The molecule has 0 radical (unpaired) electrons. The summed E-state index contributed by atoms with van der Waals surface area (Å²) in [5.41, 5.74) is 6.22. The van der Waals surface area contributed by atoms with Crippen molar-refractivity contribution in [2.75, 3.05) is 32.6 Å². The van der Waals surface area contributed by atoms with Crippen molar-refractivity contribution < 1.29 is 27.5 Å². The molecule has 0 bridgehead atoms. The molecule has 1 spiro atoms. The highest BCUT2D eigenvalue weighted by Crippen LogP contribution is 2.44. The number of benzene rings is 1. The predicted octanol–water partition coefficient (Wildman–Crippen LogP) is -0.287. The maximum atomic E-state index is 12.3. The molecule has 1 atom stereocenters. The van der Waals surface area contributed by atoms with E-state index in [0.29, 0.717) is 5.75 Å². The highest BCUT2D eigenvalue weighted by Gasteiger charge is 2.64. The van der Waals surface area contributed by atoms with Crippen LogP contribution in [0, 0.1) is 5.92 Å². The average Bonchev–Trinajstić information content (AvgIpc) is 2.84. The smallest absolute Gasteiger partial charge is 0.248 e. The molecule has 8 nitrogen and oxygen atoms in total. The van der Waals surface area contributed by atoms with Crippen LogP contribution in [-0.4, -0.2) is 62.4 Å². The maximum Gasteiger partial charge on any atom is 0.248 e. The number of sulfone groups is 1. The fourth-order valence-electron chi connectivity index (χ4n) is 3.66. The number of nitrogens with two attached hydrogens (primary N) is 1. The summed E-state index contributed by atoms with van der Waals surface area (Å²) in [6.07, 6.45) is 0.228. The van der Waals surface area contributed by atoms with Crippen molar-refractivity contribution in [3.05, 3.63) is 29.8 Å². The van der Waals surface area contributed by atoms with Crippen LogP contribution in [-0.2, 0) is 30.8 Å². The molecular weight excluding hydrogens is 360 g/mol. The minimum Gasteiger partial charge on any atom is -0.497 e. The lowest BCUT2D eigenvalue weighted by Crippen LogP contribution is -2.70. The van der Waals surface area contributed by atoms with E-state index in [1.807, 2.05) is 24.3 Å². The third-order valence-corrected chi connectivity index (χ3v) is 7.73. The van der Waals surface area contributed by atoms with E-state index in [-0.39, 0.29) is 44.4 Å². The van der Waals surface area contributed by atoms with Crippen molar-refractivity contribution in [2.45, 2.75) is 17.8 Å². The fourth-order valence-corrected chi connectivity index (χ4v) is 5.99. The largest absolute Gasteiger partial charge is 0.497 e. The molecule has 1 aromatic rings. The van der Waals surface area contributed by atoms with E-state index < -0.39 is 26.4 Å². The molecule has 2 fully saturated rings. The number of carbonyl (C=O) groups excluding carboxylic acids is 2. The highest BCUT2D eigenvalue weighted by atomic mass is 32.2. The molecule has 2 heterocycles. The summed E-state index contributed by atoms with van der Waals surface area (Å²) in [6.45, 7) is 0.0906. The molecule has 142 valence electrons. The van der Waals surface area contributed by atoms with Crippen molar-refractivity contribution in [2.24, 2.45) is 11.7 Å². The Balaban J connectivity index is 1.54. The lowest BCUT2D eigenvalue weighted by Gasteiger charge is -2.49. The first-order chi connectivity index (χ1) is 12.3. The normalized spacial score (nSPS) is 22.8. The third kappa shape index (κ3) is 3.16. The second kappa shape index (κ2) is 6.88. The van der Waals surface area contributed by atoms with Gasteiger partial charge in [-0.05, 0) is 24.1 Å². The maximum absolute atomic E-state index is 12.3. The Labute approximate surface area is 152 Å². The van der Waals surface area contributed by atoms with E-state index >= 15 is 0 Å². The van der Waals surface area contributed by atoms with E-state index in [2.05, 4.69) is 0 Å². The van der Waals surface area contributed by atoms with Crippen LogP contribution in [0.2, 0.25) is 0 Å². The van der Waals surface area contributed by atoms with Gasteiger partial charge in [0, 0.05) is 13.1 Å². The summed E-state index contributed by atoms with van der Waals surface area (Å²) >= 11 is 0. The standard InChI is InChI=1S/C17H22N2O6S/c1-24-13-4-2-3-12(7-13)8-25-9-15(20)19-10-17(11-19)14(16(18)21)5-6-26(17,22)23/h2-4,7,14H,5-6,8-11H2,1H3,(H2,18,21). The summed E-state index contributed by atoms with van der Waals surface area (Å²) in [4.78, 5) is 25.2. The first-order valence-corrected chi connectivity index (χ1v) is 9.94. The van der Waals surface area contributed by atoms with Crippen molar-refractivity contribution >= 4 is 21.7 Å². The van der Waals surface area contributed by atoms with Gasteiger partial charge in [0.25, 0.3) is 0 Å². The van der Waals surface area contributed by atoms with E-state index in [0.717, 1.165) is 5.56 Å². The zero-order valence-electron chi connectivity index (χ0n) is 14.5. The van der Waals surface area contributed by atoms with Gasteiger partial charge in [0.05, 0.1) is 25.4 Å². The van der Waals surface area contributed by atoms with Gasteiger partial charge >= 0.3 is 0 Å². The lowest BCUT2D eigenvalue weighted by molar-refractivity contribution is -0.144. The van der Waals surface area contributed by atoms with Crippen LogP contribution in [0.15, 0.2) is 24.3 Å².